The lowest BCUT2D eigenvalue weighted by Crippen LogP contribution is -2.49. The van der Waals surface area contributed by atoms with Crippen molar-refractivity contribution in [2.75, 3.05) is 13.1 Å². The Hall–Kier alpha value is -0.280. The van der Waals surface area contributed by atoms with Gasteiger partial charge < -0.3 is 10.6 Å². The smallest absolute Gasteiger partial charge is 0.224 e. The molecule has 1 aliphatic carbocycles. The third-order valence-corrected chi connectivity index (χ3v) is 4.69. The lowest BCUT2D eigenvalue weighted by molar-refractivity contribution is -0.127. The Morgan fingerprint density at radius 1 is 1.32 bits per heavy atom. The number of hydrogen-bond acceptors (Lipinski definition) is 2. The summed E-state index contributed by atoms with van der Waals surface area (Å²) in [6, 6.07) is 0.396. The molecule has 2 N–H and O–H groups in total. The Morgan fingerprint density at radius 2 is 2.05 bits per heavy atom. The molecule has 3 atom stereocenters. The second-order valence-corrected chi connectivity index (χ2v) is 7.04. The summed E-state index contributed by atoms with van der Waals surface area (Å²) in [5, 5.41) is 6.61. The van der Waals surface area contributed by atoms with E-state index in [4.69, 9.17) is 0 Å². The summed E-state index contributed by atoms with van der Waals surface area (Å²) < 4.78 is 0. The van der Waals surface area contributed by atoms with Crippen molar-refractivity contribution in [1.29, 1.82) is 0 Å². The van der Waals surface area contributed by atoms with Crippen LogP contribution >= 0.6 is 12.4 Å². The first-order valence-corrected chi connectivity index (χ1v) is 7.49. The van der Waals surface area contributed by atoms with E-state index < -0.39 is 0 Å². The SMILES string of the molecule is CC1CC(C)(C)CCC1NC(=O)C1CCCNC1.Cl. The molecule has 1 aliphatic heterocycles. The highest BCUT2D eigenvalue weighted by Gasteiger charge is 2.34. The Bertz CT molecular complexity index is 301. The number of halogens is 1. The van der Waals surface area contributed by atoms with Gasteiger partial charge in [-0.3, -0.25) is 4.79 Å². The molecule has 0 aromatic heterocycles. The predicted molar refractivity (Wildman–Crippen MR) is 81.6 cm³/mol. The van der Waals surface area contributed by atoms with Crippen molar-refractivity contribution in [2.24, 2.45) is 17.3 Å². The zero-order valence-electron chi connectivity index (χ0n) is 12.5. The zero-order chi connectivity index (χ0) is 13.2. The normalized spacial score (nSPS) is 34.2. The Balaban J connectivity index is 0.00000180. The summed E-state index contributed by atoms with van der Waals surface area (Å²) in [6.07, 6.45) is 5.77. The van der Waals surface area contributed by atoms with Crippen LogP contribution in [0, 0.1) is 17.3 Å². The van der Waals surface area contributed by atoms with E-state index in [0.29, 0.717) is 17.4 Å². The number of amides is 1. The molecule has 1 amide bonds. The average molecular weight is 289 g/mol. The van der Waals surface area contributed by atoms with Gasteiger partial charge in [0.25, 0.3) is 0 Å². The van der Waals surface area contributed by atoms with E-state index in [-0.39, 0.29) is 24.2 Å². The van der Waals surface area contributed by atoms with Gasteiger partial charge in [0.1, 0.15) is 0 Å². The zero-order valence-corrected chi connectivity index (χ0v) is 13.3. The summed E-state index contributed by atoms with van der Waals surface area (Å²) in [5.74, 6) is 1.08. The van der Waals surface area contributed by atoms with Crippen LogP contribution in [0.1, 0.15) is 52.9 Å². The minimum Gasteiger partial charge on any atom is -0.353 e. The minimum atomic E-state index is 0. The summed E-state index contributed by atoms with van der Waals surface area (Å²) in [5.41, 5.74) is 0.451. The maximum absolute atomic E-state index is 12.2. The van der Waals surface area contributed by atoms with Gasteiger partial charge in [0.05, 0.1) is 5.92 Å². The molecule has 2 rings (SSSR count). The van der Waals surface area contributed by atoms with Crippen LogP contribution in [0.4, 0.5) is 0 Å². The van der Waals surface area contributed by atoms with Crippen LogP contribution in [0.2, 0.25) is 0 Å². The van der Waals surface area contributed by atoms with Crippen LogP contribution in [0.25, 0.3) is 0 Å². The fourth-order valence-electron chi connectivity index (χ4n) is 3.54. The molecule has 2 fully saturated rings. The summed E-state index contributed by atoms with van der Waals surface area (Å²) in [7, 11) is 0. The Morgan fingerprint density at radius 3 is 2.63 bits per heavy atom. The van der Waals surface area contributed by atoms with Crippen molar-refractivity contribution < 1.29 is 4.79 Å². The van der Waals surface area contributed by atoms with Gasteiger partial charge in [0.2, 0.25) is 5.91 Å². The molecule has 1 heterocycles. The first kappa shape index (κ1) is 16.8. The van der Waals surface area contributed by atoms with Crippen LogP contribution in [-0.2, 0) is 4.79 Å². The number of piperidine rings is 1. The summed E-state index contributed by atoms with van der Waals surface area (Å²) in [6.45, 7) is 8.89. The summed E-state index contributed by atoms with van der Waals surface area (Å²) in [4.78, 5) is 12.2. The van der Waals surface area contributed by atoms with Gasteiger partial charge in [-0.2, -0.15) is 0 Å². The molecule has 0 aromatic carbocycles. The van der Waals surface area contributed by atoms with Gasteiger partial charge >= 0.3 is 0 Å². The molecule has 2 aliphatic rings. The van der Waals surface area contributed by atoms with Gasteiger partial charge in [0.15, 0.2) is 0 Å². The van der Waals surface area contributed by atoms with Crippen molar-refractivity contribution in [3.63, 3.8) is 0 Å². The highest BCUT2D eigenvalue weighted by Crippen LogP contribution is 2.38. The number of carbonyl (C=O) groups is 1. The van der Waals surface area contributed by atoms with E-state index in [9.17, 15) is 4.79 Å². The van der Waals surface area contributed by atoms with E-state index in [1.54, 1.807) is 0 Å². The van der Waals surface area contributed by atoms with Gasteiger partial charge in [-0.25, -0.2) is 0 Å². The molecule has 1 saturated heterocycles. The molecule has 0 aromatic rings. The van der Waals surface area contributed by atoms with E-state index in [1.165, 1.54) is 12.8 Å². The predicted octanol–water partition coefficient (Wildman–Crippen LogP) is 2.74. The van der Waals surface area contributed by atoms with Crippen LogP contribution in [0.5, 0.6) is 0 Å². The van der Waals surface area contributed by atoms with E-state index in [0.717, 1.165) is 32.4 Å². The van der Waals surface area contributed by atoms with E-state index in [1.807, 2.05) is 0 Å². The maximum Gasteiger partial charge on any atom is 0.224 e. The Kier molecular flexibility index (Phi) is 6.13. The first-order chi connectivity index (χ1) is 8.48. The van der Waals surface area contributed by atoms with Crippen LogP contribution in [-0.4, -0.2) is 25.0 Å². The molecule has 112 valence electrons. The number of hydrogen-bond donors (Lipinski definition) is 2. The number of carbonyl (C=O) groups excluding carboxylic acids is 1. The van der Waals surface area contributed by atoms with Gasteiger partial charge in [0, 0.05) is 12.6 Å². The fourth-order valence-corrected chi connectivity index (χ4v) is 3.54. The highest BCUT2D eigenvalue weighted by atomic mass is 35.5. The van der Waals surface area contributed by atoms with Crippen molar-refractivity contribution >= 4 is 18.3 Å². The van der Waals surface area contributed by atoms with Gasteiger partial charge in [-0.15, -0.1) is 12.4 Å². The second-order valence-electron chi connectivity index (χ2n) is 7.04. The molecular weight excluding hydrogens is 260 g/mol. The first-order valence-electron chi connectivity index (χ1n) is 7.49. The average Bonchev–Trinajstić information content (AvgIpc) is 2.33. The molecule has 4 heteroatoms. The van der Waals surface area contributed by atoms with Crippen molar-refractivity contribution in [3.05, 3.63) is 0 Å². The number of rotatable bonds is 2. The van der Waals surface area contributed by atoms with Crippen molar-refractivity contribution in [1.82, 2.24) is 10.6 Å². The van der Waals surface area contributed by atoms with Crippen molar-refractivity contribution in [3.8, 4) is 0 Å². The van der Waals surface area contributed by atoms with Crippen molar-refractivity contribution in [2.45, 2.75) is 58.9 Å². The topological polar surface area (TPSA) is 41.1 Å². The maximum atomic E-state index is 12.2. The third kappa shape index (κ3) is 4.64. The number of nitrogens with one attached hydrogen (secondary N) is 2. The lowest BCUT2D eigenvalue weighted by Gasteiger charge is -2.40. The third-order valence-electron chi connectivity index (χ3n) is 4.69. The molecule has 0 radical (unpaired) electrons. The second kappa shape index (κ2) is 6.94. The quantitative estimate of drug-likeness (QED) is 0.820. The molecular formula is C15H29ClN2O. The van der Waals surface area contributed by atoms with Crippen LogP contribution < -0.4 is 10.6 Å². The van der Waals surface area contributed by atoms with Gasteiger partial charge in [-0.1, -0.05) is 20.8 Å². The Labute approximate surface area is 123 Å². The minimum absolute atomic E-state index is 0. The largest absolute Gasteiger partial charge is 0.353 e. The van der Waals surface area contributed by atoms with E-state index in [2.05, 4.69) is 31.4 Å². The molecule has 0 bridgehead atoms. The lowest BCUT2D eigenvalue weighted by atomic mass is 9.70. The molecule has 0 spiro atoms. The highest BCUT2D eigenvalue weighted by molar-refractivity contribution is 5.85. The standard InChI is InChI=1S/C15H28N2O.ClH/c1-11-9-15(2,3)7-6-13(11)17-14(18)12-5-4-8-16-10-12;/h11-13,16H,4-10H2,1-3H3,(H,17,18);1H. The van der Waals surface area contributed by atoms with Crippen LogP contribution in [0.3, 0.4) is 0 Å². The molecule has 19 heavy (non-hydrogen) atoms. The summed E-state index contributed by atoms with van der Waals surface area (Å²) >= 11 is 0. The molecule has 3 unspecified atom stereocenters. The van der Waals surface area contributed by atoms with Crippen LogP contribution in [0.15, 0.2) is 0 Å². The van der Waals surface area contributed by atoms with E-state index >= 15 is 0 Å². The molecule has 1 saturated carbocycles. The monoisotopic (exact) mass is 288 g/mol. The molecule has 3 nitrogen and oxygen atoms in total. The fraction of sp³-hybridized carbons (Fsp3) is 0.933. The van der Waals surface area contributed by atoms with Gasteiger partial charge in [-0.05, 0) is 50.0 Å².